The van der Waals surface area contributed by atoms with Crippen LogP contribution >= 0.6 is 11.3 Å². The van der Waals surface area contributed by atoms with Crippen LogP contribution in [0, 0.1) is 6.92 Å². The van der Waals surface area contributed by atoms with E-state index in [1.54, 1.807) is 16.0 Å². The van der Waals surface area contributed by atoms with Gasteiger partial charge in [0.25, 0.3) is 0 Å². The molecule has 2 aromatic rings. The number of nitrogens with zero attached hydrogens (tertiary/aromatic N) is 4. The Hall–Kier alpha value is -1.27. The molecule has 0 aliphatic carbocycles. The van der Waals surface area contributed by atoms with Crippen LogP contribution in [0.2, 0.25) is 0 Å². The van der Waals surface area contributed by atoms with Gasteiger partial charge in [-0.1, -0.05) is 18.6 Å². The van der Waals surface area contributed by atoms with E-state index in [0.29, 0.717) is 5.69 Å². The second kappa shape index (κ2) is 5.37. The SMILES string of the molecule is CCCCc1c(CO)nnn1-c1nc(C)cs1. The van der Waals surface area contributed by atoms with Crippen molar-refractivity contribution in [3.63, 3.8) is 0 Å². The van der Waals surface area contributed by atoms with E-state index in [4.69, 9.17) is 0 Å². The summed E-state index contributed by atoms with van der Waals surface area (Å²) in [6.45, 7) is 4.03. The molecule has 0 amide bonds. The maximum Gasteiger partial charge on any atom is 0.212 e. The fourth-order valence-electron chi connectivity index (χ4n) is 1.64. The maximum absolute atomic E-state index is 9.25. The zero-order valence-electron chi connectivity index (χ0n) is 10.1. The van der Waals surface area contributed by atoms with Crippen LogP contribution < -0.4 is 0 Å². The van der Waals surface area contributed by atoms with E-state index in [1.807, 2.05) is 12.3 Å². The van der Waals surface area contributed by atoms with Gasteiger partial charge in [-0.2, -0.15) is 4.68 Å². The normalized spacial score (nSPS) is 11.0. The number of thiazole rings is 1. The molecule has 92 valence electrons. The number of aliphatic hydroxyl groups is 1. The molecule has 2 aromatic heterocycles. The van der Waals surface area contributed by atoms with Crippen molar-refractivity contribution in [3.8, 4) is 5.13 Å². The van der Waals surface area contributed by atoms with E-state index in [9.17, 15) is 5.11 Å². The zero-order chi connectivity index (χ0) is 12.3. The first-order valence-corrected chi connectivity index (χ1v) is 6.61. The minimum Gasteiger partial charge on any atom is -0.390 e. The molecule has 0 saturated heterocycles. The largest absolute Gasteiger partial charge is 0.390 e. The second-order valence-electron chi connectivity index (χ2n) is 3.93. The maximum atomic E-state index is 9.25. The highest BCUT2D eigenvalue weighted by Crippen LogP contribution is 2.18. The standard InChI is InChI=1S/C11H16N4OS/c1-3-4-5-10-9(6-16)13-14-15(10)11-12-8(2)7-17-11/h7,16H,3-6H2,1-2H3. The van der Waals surface area contributed by atoms with Crippen molar-refractivity contribution >= 4 is 11.3 Å². The van der Waals surface area contributed by atoms with Crippen molar-refractivity contribution in [2.75, 3.05) is 0 Å². The van der Waals surface area contributed by atoms with Gasteiger partial charge in [-0.15, -0.1) is 16.4 Å². The lowest BCUT2D eigenvalue weighted by Gasteiger charge is -2.03. The molecule has 17 heavy (non-hydrogen) atoms. The summed E-state index contributed by atoms with van der Waals surface area (Å²) in [6, 6.07) is 0. The van der Waals surface area contributed by atoms with Crippen LogP contribution in [0.3, 0.4) is 0 Å². The Balaban J connectivity index is 2.36. The zero-order valence-corrected chi connectivity index (χ0v) is 10.9. The minimum atomic E-state index is -0.0661. The van der Waals surface area contributed by atoms with Crippen molar-refractivity contribution < 1.29 is 5.11 Å². The molecule has 0 aromatic carbocycles. The molecule has 2 heterocycles. The molecule has 0 radical (unpaired) electrons. The van der Waals surface area contributed by atoms with E-state index in [1.165, 1.54) is 0 Å². The third kappa shape index (κ3) is 2.53. The van der Waals surface area contributed by atoms with Crippen LogP contribution in [-0.4, -0.2) is 25.1 Å². The van der Waals surface area contributed by atoms with Crippen LogP contribution in [0.1, 0.15) is 36.8 Å². The number of hydrogen-bond acceptors (Lipinski definition) is 5. The lowest BCUT2D eigenvalue weighted by Crippen LogP contribution is -2.04. The number of aryl methyl sites for hydroxylation is 1. The molecule has 0 fully saturated rings. The number of aromatic nitrogens is 4. The summed E-state index contributed by atoms with van der Waals surface area (Å²) >= 11 is 1.54. The second-order valence-corrected chi connectivity index (χ2v) is 4.76. The predicted molar refractivity (Wildman–Crippen MR) is 66.3 cm³/mol. The first-order chi connectivity index (χ1) is 8.26. The molecule has 2 rings (SSSR count). The van der Waals surface area contributed by atoms with E-state index < -0.39 is 0 Å². The van der Waals surface area contributed by atoms with Crippen molar-refractivity contribution in [2.24, 2.45) is 0 Å². The summed E-state index contributed by atoms with van der Waals surface area (Å²) in [7, 11) is 0. The molecule has 6 heteroatoms. The molecule has 0 aliphatic heterocycles. The van der Waals surface area contributed by atoms with E-state index in [0.717, 1.165) is 35.8 Å². The lowest BCUT2D eigenvalue weighted by molar-refractivity contribution is 0.275. The summed E-state index contributed by atoms with van der Waals surface area (Å²) in [5, 5.41) is 20.1. The highest BCUT2D eigenvalue weighted by molar-refractivity contribution is 7.12. The first-order valence-electron chi connectivity index (χ1n) is 5.73. The number of hydrogen-bond donors (Lipinski definition) is 1. The van der Waals surface area contributed by atoms with Crippen LogP contribution in [0.5, 0.6) is 0 Å². The Morgan fingerprint density at radius 1 is 1.47 bits per heavy atom. The quantitative estimate of drug-likeness (QED) is 0.882. The molecule has 0 unspecified atom stereocenters. The fraction of sp³-hybridized carbons (Fsp3) is 0.545. The Morgan fingerprint density at radius 3 is 2.88 bits per heavy atom. The summed E-state index contributed by atoms with van der Waals surface area (Å²) in [5.74, 6) is 0. The third-order valence-corrected chi connectivity index (χ3v) is 3.48. The van der Waals surface area contributed by atoms with E-state index in [2.05, 4.69) is 22.2 Å². The summed E-state index contributed by atoms with van der Waals surface area (Å²) in [5.41, 5.74) is 2.61. The van der Waals surface area contributed by atoms with Gasteiger partial charge in [0.1, 0.15) is 5.69 Å². The minimum absolute atomic E-state index is 0.0661. The van der Waals surface area contributed by atoms with Crippen molar-refractivity contribution in [1.29, 1.82) is 0 Å². The number of aliphatic hydroxyl groups excluding tert-OH is 1. The van der Waals surface area contributed by atoms with Gasteiger partial charge in [-0.25, -0.2) is 4.98 Å². The van der Waals surface area contributed by atoms with E-state index >= 15 is 0 Å². The van der Waals surface area contributed by atoms with Gasteiger partial charge < -0.3 is 5.11 Å². The Kier molecular flexibility index (Phi) is 3.86. The highest BCUT2D eigenvalue weighted by Gasteiger charge is 2.14. The van der Waals surface area contributed by atoms with Gasteiger partial charge in [0.2, 0.25) is 5.13 Å². The molecule has 1 N–H and O–H groups in total. The number of unbranched alkanes of at least 4 members (excludes halogenated alkanes) is 1. The van der Waals surface area contributed by atoms with Gasteiger partial charge in [-0.05, 0) is 19.8 Å². The van der Waals surface area contributed by atoms with Crippen LogP contribution in [0.15, 0.2) is 5.38 Å². The van der Waals surface area contributed by atoms with Crippen molar-refractivity contribution in [1.82, 2.24) is 20.0 Å². The monoisotopic (exact) mass is 252 g/mol. The van der Waals surface area contributed by atoms with Gasteiger partial charge in [0.15, 0.2) is 0 Å². The predicted octanol–water partition coefficient (Wildman–Crippen LogP) is 1.87. The average Bonchev–Trinajstić information content (AvgIpc) is 2.91. The van der Waals surface area contributed by atoms with Gasteiger partial charge in [0, 0.05) is 5.38 Å². The molecule has 0 saturated carbocycles. The lowest BCUT2D eigenvalue weighted by atomic mass is 10.2. The topological polar surface area (TPSA) is 63.8 Å². The molecular formula is C11H16N4OS. The summed E-state index contributed by atoms with van der Waals surface area (Å²) in [6.07, 6.45) is 3.04. The molecular weight excluding hydrogens is 236 g/mol. The van der Waals surface area contributed by atoms with Gasteiger partial charge in [0.05, 0.1) is 18.0 Å². The molecule has 0 bridgehead atoms. The number of rotatable bonds is 5. The molecule has 0 atom stereocenters. The van der Waals surface area contributed by atoms with Crippen LogP contribution in [-0.2, 0) is 13.0 Å². The smallest absolute Gasteiger partial charge is 0.212 e. The Labute approximate surface area is 104 Å². The fourth-order valence-corrected chi connectivity index (χ4v) is 2.41. The Morgan fingerprint density at radius 2 is 2.29 bits per heavy atom. The Bertz CT molecular complexity index is 491. The average molecular weight is 252 g/mol. The first kappa shape index (κ1) is 12.2. The van der Waals surface area contributed by atoms with Crippen LogP contribution in [0.4, 0.5) is 0 Å². The van der Waals surface area contributed by atoms with Gasteiger partial charge in [-0.3, -0.25) is 0 Å². The third-order valence-electron chi connectivity index (χ3n) is 2.55. The van der Waals surface area contributed by atoms with Crippen molar-refractivity contribution in [3.05, 3.63) is 22.5 Å². The summed E-state index contributed by atoms with van der Waals surface area (Å²) in [4.78, 5) is 4.39. The van der Waals surface area contributed by atoms with Crippen molar-refractivity contribution in [2.45, 2.75) is 39.7 Å². The molecule has 5 nitrogen and oxygen atoms in total. The highest BCUT2D eigenvalue weighted by atomic mass is 32.1. The van der Waals surface area contributed by atoms with Crippen LogP contribution in [0.25, 0.3) is 5.13 Å². The van der Waals surface area contributed by atoms with E-state index in [-0.39, 0.29) is 6.61 Å². The van der Waals surface area contributed by atoms with Gasteiger partial charge >= 0.3 is 0 Å². The molecule has 0 spiro atoms. The molecule has 0 aliphatic rings. The summed E-state index contributed by atoms with van der Waals surface area (Å²) < 4.78 is 1.75.